The Balaban J connectivity index is 2.14. The summed E-state index contributed by atoms with van der Waals surface area (Å²) < 4.78 is 4.65. The first-order chi connectivity index (χ1) is 11.0. The number of ether oxygens (including phenoxy) is 1. The number of carbonyl (C=O) groups excluding carboxylic acids is 2. The van der Waals surface area contributed by atoms with Crippen molar-refractivity contribution in [1.82, 2.24) is 9.97 Å². The molecule has 2 rings (SSSR count). The number of nitrogens with one attached hydrogen (secondary N) is 2. The summed E-state index contributed by atoms with van der Waals surface area (Å²) in [5.74, 6) is -0.281. The molecule has 2 aromatic rings. The first-order valence-corrected chi connectivity index (χ1v) is 7.08. The number of anilines is 2. The van der Waals surface area contributed by atoms with Crippen LogP contribution in [0.15, 0.2) is 36.7 Å². The highest BCUT2D eigenvalue weighted by Crippen LogP contribution is 2.13. The number of amides is 1. The minimum Gasteiger partial charge on any atom is -0.465 e. The first-order valence-electron chi connectivity index (χ1n) is 7.08. The number of hydrogen-bond acceptors (Lipinski definition) is 6. The lowest BCUT2D eigenvalue weighted by Crippen LogP contribution is -2.16. The average molecular weight is 314 g/mol. The second-order valence-corrected chi connectivity index (χ2v) is 5.11. The van der Waals surface area contributed by atoms with Gasteiger partial charge in [0.2, 0.25) is 0 Å². The third-order valence-corrected chi connectivity index (χ3v) is 2.88. The number of esters is 1. The summed E-state index contributed by atoms with van der Waals surface area (Å²) >= 11 is 0. The van der Waals surface area contributed by atoms with Gasteiger partial charge in [-0.15, -0.1) is 0 Å². The second-order valence-electron chi connectivity index (χ2n) is 5.11. The Labute approximate surface area is 134 Å². The van der Waals surface area contributed by atoms with E-state index in [0.29, 0.717) is 17.1 Å². The van der Waals surface area contributed by atoms with Crippen LogP contribution in [0, 0.1) is 0 Å². The number of rotatable bonds is 5. The van der Waals surface area contributed by atoms with Crippen molar-refractivity contribution in [2.45, 2.75) is 19.9 Å². The molecule has 1 heterocycles. The van der Waals surface area contributed by atoms with Crippen LogP contribution in [0.5, 0.6) is 0 Å². The van der Waals surface area contributed by atoms with E-state index in [2.05, 4.69) is 25.3 Å². The zero-order valence-corrected chi connectivity index (χ0v) is 13.2. The topological polar surface area (TPSA) is 93.2 Å². The van der Waals surface area contributed by atoms with Gasteiger partial charge in [-0.3, -0.25) is 4.79 Å². The molecule has 0 aliphatic rings. The van der Waals surface area contributed by atoms with Crippen molar-refractivity contribution < 1.29 is 14.3 Å². The highest BCUT2D eigenvalue weighted by atomic mass is 16.5. The van der Waals surface area contributed by atoms with Crippen molar-refractivity contribution >= 4 is 23.4 Å². The maximum atomic E-state index is 12.3. The molecule has 7 nitrogen and oxygen atoms in total. The Morgan fingerprint density at radius 3 is 2.65 bits per heavy atom. The fourth-order valence-electron chi connectivity index (χ4n) is 1.89. The lowest BCUT2D eigenvalue weighted by molar-refractivity contribution is 0.0600. The van der Waals surface area contributed by atoms with Crippen LogP contribution in [0.25, 0.3) is 0 Å². The molecule has 0 aliphatic heterocycles. The zero-order chi connectivity index (χ0) is 16.8. The second kappa shape index (κ2) is 7.35. The highest BCUT2D eigenvalue weighted by Gasteiger charge is 2.11. The molecule has 7 heteroatoms. The van der Waals surface area contributed by atoms with Crippen LogP contribution in [0.2, 0.25) is 0 Å². The summed E-state index contributed by atoms with van der Waals surface area (Å²) in [5, 5.41) is 5.80. The molecular weight excluding hydrogens is 296 g/mol. The predicted octanol–water partition coefficient (Wildman–Crippen LogP) is 2.34. The van der Waals surface area contributed by atoms with Crippen LogP contribution in [-0.4, -0.2) is 35.0 Å². The summed E-state index contributed by atoms with van der Waals surface area (Å²) in [7, 11) is 1.30. The molecule has 120 valence electrons. The standard InChI is InChI=1S/C16H18N4O3/c1-10(2)19-14-8-13(17-9-18-14)15(21)20-12-6-4-5-11(7-12)16(22)23-3/h4-10H,1-3H3,(H,20,21)(H,17,18,19). The van der Waals surface area contributed by atoms with Crippen LogP contribution in [-0.2, 0) is 4.74 Å². The fraction of sp³-hybridized carbons (Fsp3) is 0.250. The maximum Gasteiger partial charge on any atom is 0.337 e. The molecular formula is C16H18N4O3. The van der Waals surface area contributed by atoms with Crippen LogP contribution in [0.1, 0.15) is 34.7 Å². The van der Waals surface area contributed by atoms with Gasteiger partial charge in [0.25, 0.3) is 5.91 Å². The van der Waals surface area contributed by atoms with Gasteiger partial charge < -0.3 is 15.4 Å². The Bertz CT molecular complexity index is 716. The fourth-order valence-corrected chi connectivity index (χ4v) is 1.89. The SMILES string of the molecule is COC(=O)c1cccc(NC(=O)c2cc(NC(C)C)ncn2)c1. The number of aromatic nitrogens is 2. The monoisotopic (exact) mass is 314 g/mol. The van der Waals surface area contributed by atoms with E-state index in [1.54, 1.807) is 24.3 Å². The van der Waals surface area contributed by atoms with Crippen LogP contribution in [0.3, 0.4) is 0 Å². The van der Waals surface area contributed by atoms with Crippen molar-refractivity contribution in [3.63, 3.8) is 0 Å². The summed E-state index contributed by atoms with van der Waals surface area (Å²) in [6.07, 6.45) is 1.32. The van der Waals surface area contributed by atoms with E-state index in [9.17, 15) is 9.59 Å². The quantitative estimate of drug-likeness (QED) is 0.823. The van der Waals surface area contributed by atoms with Gasteiger partial charge in [-0.1, -0.05) is 6.07 Å². The van der Waals surface area contributed by atoms with E-state index in [0.717, 1.165) is 0 Å². The van der Waals surface area contributed by atoms with Crippen LogP contribution in [0.4, 0.5) is 11.5 Å². The normalized spacial score (nSPS) is 10.3. The summed E-state index contributed by atoms with van der Waals surface area (Å²) in [5.41, 5.74) is 1.07. The molecule has 23 heavy (non-hydrogen) atoms. The van der Waals surface area contributed by atoms with Gasteiger partial charge in [-0.05, 0) is 32.0 Å². The van der Waals surface area contributed by atoms with Gasteiger partial charge in [0, 0.05) is 17.8 Å². The Morgan fingerprint density at radius 2 is 1.96 bits per heavy atom. The van der Waals surface area contributed by atoms with Gasteiger partial charge in [-0.2, -0.15) is 0 Å². The van der Waals surface area contributed by atoms with Crippen molar-refractivity contribution in [2.24, 2.45) is 0 Å². The molecule has 0 bridgehead atoms. The molecule has 0 saturated carbocycles. The molecule has 1 amide bonds. The number of methoxy groups -OCH3 is 1. The van der Waals surface area contributed by atoms with Gasteiger partial charge >= 0.3 is 5.97 Å². The Hall–Kier alpha value is -2.96. The number of hydrogen-bond donors (Lipinski definition) is 2. The molecule has 0 spiro atoms. The van der Waals surface area contributed by atoms with E-state index in [1.807, 2.05) is 13.8 Å². The van der Waals surface area contributed by atoms with Crippen LogP contribution < -0.4 is 10.6 Å². The molecule has 2 N–H and O–H groups in total. The molecule has 0 saturated heterocycles. The number of benzene rings is 1. The molecule has 0 radical (unpaired) electrons. The van der Waals surface area contributed by atoms with Gasteiger partial charge in [0.05, 0.1) is 12.7 Å². The summed E-state index contributed by atoms with van der Waals surface area (Å²) in [6, 6.07) is 8.25. The predicted molar refractivity (Wildman–Crippen MR) is 86.5 cm³/mol. The average Bonchev–Trinajstić information content (AvgIpc) is 2.54. The number of carbonyl (C=O) groups is 2. The lowest BCUT2D eigenvalue weighted by Gasteiger charge is -2.10. The van der Waals surface area contributed by atoms with Gasteiger partial charge in [-0.25, -0.2) is 14.8 Å². The minimum atomic E-state index is -0.466. The molecule has 0 aliphatic carbocycles. The Morgan fingerprint density at radius 1 is 1.17 bits per heavy atom. The minimum absolute atomic E-state index is 0.192. The van der Waals surface area contributed by atoms with E-state index in [-0.39, 0.29) is 17.6 Å². The summed E-state index contributed by atoms with van der Waals surface area (Å²) in [4.78, 5) is 31.8. The smallest absolute Gasteiger partial charge is 0.337 e. The molecule has 0 fully saturated rings. The zero-order valence-electron chi connectivity index (χ0n) is 13.2. The van der Waals surface area contributed by atoms with Gasteiger partial charge in [0.15, 0.2) is 0 Å². The van der Waals surface area contributed by atoms with E-state index in [4.69, 9.17) is 0 Å². The van der Waals surface area contributed by atoms with Crippen molar-refractivity contribution in [3.8, 4) is 0 Å². The van der Waals surface area contributed by atoms with Crippen molar-refractivity contribution in [2.75, 3.05) is 17.7 Å². The molecule has 0 atom stereocenters. The summed E-state index contributed by atoms with van der Waals surface area (Å²) in [6.45, 7) is 3.94. The largest absolute Gasteiger partial charge is 0.465 e. The van der Waals surface area contributed by atoms with Gasteiger partial charge in [0.1, 0.15) is 17.8 Å². The van der Waals surface area contributed by atoms with E-state index < -0.39 is 5.97 Å². The Kier molecular flexibility index (Phi) is 5.24. The molecule has 0 unspecified atom stereocenters. The van der Waals surface area contributed by atoms with Crippen molar-refractivity contribution in [1.29, 1.82) is 0 Å². The highest BCUT2D eigenvalue weighted by molar-refractivity contribution is 6.03. The van der Waals surface area contributed by atoms with E-state index >= 15 is 0 Å². The van der Waals surface area contributed by atoms with Crippen molar-refractivity contribution in [3.05, 3.63) is 47.9 Å². The first kappa shape index (κ1) is 16.4. The third kappa shape index (κ3) is 4.50. The maximum absolute atomic E-state index is 12.3. The molecule has 1 aromatic carbocycles. The number of nitrogens with zero attached hydrogens (tertiary/aromatic N) is 2. The molecule has 1 aromatic heterocycles. The van der Waals surface area contributed by atoms with Crippen LogP contribution >= 0.6 is 0 Å². The third-order valence-electron chi connectivity index (χ3n) is 2.88. The van der Waals surface area contributed by atoms with E-state index in [1.165, 1.54) is 19.5 Å². The lowest BCUT2D eigenvalue weighted by atomic mass is 10.2.